The molecule has 1 aliphatic rings. The van der Waals surface area contributed by atoms with E-state index in [1.807, 2.05) is 0 Å². The van der Waals surface area contributed by atoms with Crippen molar-refractivity contribution in [2.24, 2.45) is 4.99 Å². The van der Waals surface area contributed by atoms with Crippen LogP contribution < -0.4 is 5.32 Å². The van der Waals surface area contributed by atoms with Crippen LogP contribution in [0.25, 0.3) is 16.6 Å². The van der Waals surface area contributed by atoms with Gasteiger partial charge in [-0.25, -0.2) is 8.78 Å². The van der Waals surface area contributed by atoms with Crippen molar-refractivity contribution in [3.63, 3.8) is 0 Å². The van der Waals surface area contributed by atoms with Crippen LogP contribution in [0.1, 0.15) is 5.56 Å². The maximum atomic E-state index is 13.8. The minimum absolute atomic E-state index is 0.294. The molecule has 3 aromatic rings. The molecule has 0 spiro atoms. The Morgan fingerprint density at radius 1 is 1.07 bits per heavy atom. The molecule has 1 fully saturated rings. The summed E-state index contributed by atoms with van der Waals surface area (Å²) >= 11 is 2.23. The van der Waals surface area contributed by atoms with Crippen molar-refractivity contribution in [2.75, 3.05) is 0 Å². The number of aromatic nitrogens is 2. The van der Waals surface area contributed by atoms with Gasteiger partial charge in [0.2, 0.25) is 5.13 Å². The molecule has 4 rings (SSSR count). The monoisotopic (exact) mass is 400 g/mol. The van der Waals surface area contributed by atoms with E-state index in [9.17, 15) is 13.6 Å². The highest BCUT2D eigenvalue weighted by molar-refractivity contribution is 8.18. The third-order valence-corrected chi connectivity index (χ3v) is 5.27. The van der Waals surface area contributed by atoms with Crippen LogP contribution in [0.5, 0.6) is 0 Å². The first-order chi connectivity index (χ1) is 13.1. The minimum Gasteiger partial charge on any atom is -0.300 e. The summed E-state index contributed by atoms with van der Waals surface area (Å²) in [5, 5.41) is 11.5. The van der Waals surface area contributed by atoms with E-state index in [2.05, 4.69) is 20.5 Å². The predicted molar refractivity (Wildman–Crippen MR) is 103 cm³/mol. The Kier molecular flexibility index (Phi) is 4.78. The van der Waals surface area contributed by atoms with Crippen molar-refractivity contribution in [1.82, 2.24) is 15.5 Å². The average Bonchev–Trinajstić information content (AvgIpc) is 3.23. The molecule has 2 aromatic carbocycles. The van der Waals surface area contributed by atoms with Crippen LogP contribution in [-0.4, -0.2) is 21.3 Å². The molecule has 0 radical (unpaired) electrons. The van der Waals surface area contributed by atoms with Crippen molar-refractivity contribution >= 4 is 45.4 Å². The number of benzene rings is 2. The zero-order chi connectivity index (χ0) is 18.8. The van der Waals surface area contributed by atoms with Crippen molar-refractivity contribution < 1.29 is 13.6 Å². The number of rotatable bonds is 3. The van der Waals surface area contributed by atoms with Crippen molar-refractivity contribution in [1.29, 1.82) is 0 Å². The fourth-order valence-corrected chi connectivity index (χ4v) is 3.95. The molecular formula is C18H10F2N4OS2. The summed E-state index contributed by atoms with van der Waals surface area (Å²) in [6, 6.07) is 12.2. The van der Waals surface area contributed by atoms with Crippen LogP contribution in [0.2, 0.25) is 0 Å². The molecule has 1 saturated heterocycles. The number of carbonyl (C=O) groups is 1. The quantitative estimate of drug-likeness (QED) is 0.663. The molecule has 1 aromatic heterocycles. The van der Waals surface area contributed by atoms with Gasteiger partial charge >= 0.3 is 0 Å². The number of thioether (sulfide) groups is 1. The van der Waals surface area contributed by atoms with Gasteiger partial charge in [-0.05, 0) is 47.7 Å². The largest absolute Gasteiger partial charge is 0.300 e. The van der Waals surface area contributed by atoms with Crippen LogP contribution in [0.15, 0.2) is 58.4 Å². The standard InChI is InChI=1S/C18H10F2N4OS2/c19-11-5-3-4-10(8-11)9-14-15(25)21-17(26-14)22-18-24-23-16(27-18)12-6-1-2-7-13(12)20/h1-9H,(H,21,22,24,25)/b14-9-. The number of nitrogens with one attached hydrogen (secondary N) is 1. The Morgan fingerprint density at radius 2 is 1.93 bits per heavy atom. The summed E-state index contributed by atoms with van der Waals surface area (Å²) in [6.07, 6.45) is 1.58. The van der Waals surface area contributed by atoms with Gasteiger partial charge in [0.05, 0.1) is 4.91 Å². The average molecular weight is 400 g/mol. The topological polar surface area (TPSA) is 67.2 Å². The molecule has 0 bridgehead atoms. The van der Waals surface area contributed by atoms with E-state index in [0.29, 0.717) is 31.3 Å². The summed E-state index contributed by atoms with van der Waals surface area (Å²) in [6.45, 7) is 0. The second kappa shape index (κ2) is 7.37. The molecule has 134 valence electrons. The highest BCUT2D eigenvalue weighted by atomic mass is 32.2. The third kappa shape index (κ3) is 3.93. The Hall–Kier alpha value is -2.91. The molecule has 27 heavy (non-hydrogen) atoms. The van der Waals surface area contributed by atoms with Gasteiger partial charge < -0.3 is 5.32 Å². The second-order valence-electron chi connectivity index (χ2n) is 5.41. The van der Waals surface area contributed by atoms with E-state index >= 15 is 0 Å². The lowest BCUT2D eigenvalue weighted by molar-refractivity contribution is -0.115. The number of halogens is 2. The van der Waals surface area contributed by atoms with E-state index < -0.39 is 5.82 Å². The lowest BCUT2D eigenvalue weighted by Gasteiger charge is -1.95. The maximum Gasteiger partial charge on any atom is 0.264 e. The molecule has 0 aliphatic carbocycles. The minimum atomic E-state index is -0.392. The van der Waals surface area contributed by atoms with E-state index in [1.54, 1.807) is 36.4 Å². The number of hydrogen-bond acceptors (Lipinski definition) is 6. The highest BCUT2D eigenvalue weighted by Crippen LogP contribution is 2.32. The van der Waals surface area contributed by atoms with Gasteiger partial charge in [-0.2, -0.15) is 4.99 Å². The predicted octanol–water partition coefficient (Wildman–Crippen LogP) is 4.37. The lowest BCUT2D eigenvalue weighted by atomic mass is 10.2. The Labute approximate surface area is 160 Å². The van der Waals surface area contributed by atoms with E-state index in [1.165, 1.54) is 18.2 Å². The zero-order valence-corrected chi connectivity index (χ0v) is 15.2. The first kappa shape index (κ1) is 17.5. The van der Waals surface area contributed by atoms with Gasteiger partial charge in [0, 0.05) is 5.56 Å². The van der Waals surface area contributed by atoms with E-state index in [4.69, 9.17) is 0 Å². The van der Waals surface area contributed by atoms with Crippen LogP contribution in [0, 0.1) is 11.6 Å². The summed E-state index contributed by atoms with van der Waals surface area (Å²) in [4.78, 5) is 16.7. The molecule has 0 unspecified atom stereocenters. The smallest absolute Gasteiger partial charge is 0.264 e. The lowest BCUT2D eigenvalue weighted by Crippen LogP contribution is -2.19. The maximum absolute atomic E-state index is 13.8. The molecule has 1 amide bonds. The van der Waals surface area contributed by atoms with Crippen molar-refractivity contribution in [3.05, 3.63) is 70.6 Å². The third-order valence-electron chi connectivity index (χ3n) is 3.51. The summed E-state index contributed by atoms with van der Waals surface area (Å²) in [5.41, 5.74) is 0.919. The van der Waals surface area contributed by atoms with Gasteiger partial charge in [-0.1, -0.05) is 35.6 Å². The molecule has 1 N–H and O–H groups in total. The van der Waals surface area contributed by atoms with Crippen molar-refractivity contribution in [3.8, 4) is 10.6 Å². The van der Waals surface area contributed by atoms with Gasteiger partial charge in [0.15, 0.2) is 10.2 Å². The highest BCUT2D eigenvalue weighted by Gasteiger charge is 2.24. The van der Waals surface area contributed by atoms with Crippen LogP contribution in [0.4, 0.5) is 13.9 Å². The normalized spacial score (nSPS) is 16.9. The molecule has 9 heteroatoms. The molecular weight excluding hydrogens is 390 g/mol. The fraction of sp³-hybridized carbons (Fsp3) is 0. The molecule has 2 heterocycles. The van der Waals surface area contributed by atoms with E-state index in [-0.39, 0.29) is 11.7 Å². The van der Waals surface area contributed by atoms with E-state index in [0.717, 1.165) is 23.1 Å². The SMILES string of the molecule is O=C1N/C(=N\c2nnc(-c3ccccc3F)s2)S/C1=C\c1cccc(F)c1. The first-order valence-electron chi connectivity index (χ1n) is 7.72. The van der Waals surface area contributed by atoms with Gasteiger partial charge in [0.1, 0.15) is 11.6 Å². The van der Waals surface area contributed by atoms with Crippen LogP contribution in [0.3, 0.4) is 0 Å². The Bertz CT molecular complexity index is 1090. The Morgan fingerprint density at radius 3 is 2.74 bits per heavy atom. The molecule has 0 atom stereocenters. The number of nitrogens with zero attached hydrogens (tertiary/aromatic N) is 3. The fourth-order valence-electron chi connectivity index (χ4n) is 2.32. The van der Waals surface area contributed by atoms with Gasteiger partial charge in [-0.15, -0.1) is 10.2 Å². The second-order valence-corrected chi connectivity index (χ2v) is 7.39. The molecule has 0 saturated carbocycles. The number of carbonyl (C=O) groups excluding carboxylic acids is 1. The molecule has 1 aliphatic heterocycles. The number of amides is 1. The van der Waals surface area contributed by atoms with Gasteiger partial charge in [0.25, 0.3) is 5.91 Å². The van der Waals surface area contributed by atoms with Crippen LogP contribution in [-0.2, 0) is 4.79 Å². The number of hydrogen-bond donors (Lipinski definition) is 1. The Balaban J connectivity index is 1.56. The number of aliphatic imine (C=N–C) groups is 1. The summed E-state index contributed by atoms with van der Waals surface area (Å²) in [7, 11) is 0. The van der Waals surface area contributed by atoms with Crippen molar-refractivity contribution in [2.45, 2.75) is 0 Å². The zero-order valence-electron chi connectivity index (χ0n) is 13.5. The van der Waals surface area contributed by atoms with Gasteiger partial charge in [-0.3, -0.25) is 4.79 Å². The molecule has 5 nitrogen and oxygen atoms in total. The number of amidine groups is 1. The first-order valence-corrected chi connectivity index (χ1v) is 9.35. The summed E-state index contributed by atoms with van der Waals surface area (Å²) < 4.78 is 27.1. The summed E-state index contributed by atoms with van der Waals surface area (Å²) in [5.74, 6) is -1.10. The van der Waals surface area contributed by atoms with Crippen LogP contribution >= 0.6 is 23.1 Å².